The Bertz CT molecular complexity index is 618. The van der Waals surface area contributed by atoms with E-state index in [9.17, 15) is 20.3 Å². The number of nitro groups is 1. The van der Waals surface area contributed by atoms with E-state index in [1.807, 2.05) is 6.07 Å². The second-order valence-electron chi connectivity index (χ2n) is 3.63. The van der Waals surface area contributed by atoms with Gasteiger partial charge in [-0.15, -0.1) is 0 Å². The number of nitrogens with zero attached hydrogens (tertiary/aromatic N) is 3. The van der Waals surface area contributed by atoms with Crippen LogP contribution in [0.15, 0.2) is 52.7 Å². The van der Waals surface area contributed by atoms with Crippen LogP contribution in [-0.2, 0) is 0 Å². The van der Waals surface area contributed by atoms with Crippen molar-refractivity contribution in [3.63, 3.8) is 0 Å². The maximum atomic E-state index is 10.6. The third-order valence-corrected chi connectivity index (χ3v) is 2.27. The summed E-state index contributed by atoms with van der Waals surface area (Å²) >= 11 is 0. The molecule has 2 rings (SSSR count). The van der Waals surface area contributed by atoms with Gasteiger partial charge in [0, 0.05) is 12.1 Å². The molecule has 0 saturated carbocycles. The lowest BCUT2D eigenvalue weighted by molar-refractivity contribution is -0.386. The summed E-state index contributed by atoms with van der Waals surface area (Å²) in [5.74, 6) is -1.32. The van der Waals surface area contributed by atoms with Crippen LogP contribution < -0.4 is 0 Å². The number of aromatic hydroxyl groups is 2. The van der Waals surface area contributed by atoms with E-state index in [1.54, 1.807) is 24.3 Å². The Balaban J connectivity index is 2.33. The van der Waals surface area contributed by atoms with Crippen LogP contribution in [0.2, 0.25) is 0 Å². The largest absolute Gasteiger partial charge is 0.502 e. The minimum absolute atomic E-state index is 0.115. The maximum absolute atomic E-state index is 10.6. The highest BCUT2D eigenvalue weighted by molar-refractivity contribution is 5.63. The summed E-state index contributed by atoms with van der Waals surface area (Å²) < 4.78 is 0. The average molecular weight is 259 g/mol. The Hall–Kier alpha value is -2.96. The highest BCUT2D eigenvalue weighted by Gasteiger charge is 2.20. The van der Waals surface area contributed by atoms with Gasteiger partial charge in [0.25, 0.3) is 0 Å². The fourth-order valence-corrected chi connectivity index (χ4v) is 1.44. The van der Waals surface area contributed by atoms with Gasteiger partial charge in [-0.3, -0.25) is 10.1 Å². The standard InChI is InChI=1S/C12H9N3O4/c16-10-6-9(7-11(17)12(10)15(18)19)14-13-8-4-2-1-3-5-8/h1-7,16-17H/b14-13+. The van der Waals surface area contributed by atoms with Crippen molar-refractivity contribution < 1.29 is 15.1 Å². The van der Waals surface area contributed by atoms with Crippen molar-refractivity contribution >= 4 is 17.1 Å². The number of azo groups is 1. The van der Waals surface area contributed by atoms with Gasteiger partial charge in [-0.1, -0.05) is 18.2 Å². The minimum atomic E-state index is -0.872. The molecule has 0 bridgehead atoms. The van der Waals surface area contributed by atoms with Crippen LogP contribution in [-0.4, -0.2) is 15.1 Å². The molecule has 0 amide bonds. The van der Waals surface area contributed by atoms with Crippen molar-refractivity contribution in [3.8, 4) is 11.5 Å². The zero-order valence-corrected chi connectivity index (χ0v) is 9.59. The van der Waals surface area contributed by atoms with Gasteiger partial charge in [-0.25, -0.2) is 0 Å². The predicted molar refractivity (Wildman–Crippen MR) is 67.0 cm³/mol. The van der Waals surface area contributed by atoms with Gasteiger partial charge in [-0.2, -0.15) is 10.2 Å². The van der Waals surface area contributed by atoms with E-state index < -0.39 is 22.1 Å². The maximum Gasteiger partial charge on any atom is 0.352 e. The number of hydrogen-bond donors (Lipinski definition) is 2. The Morgan fingerprint density at radius 1 is 0.947 bits per heavy atom. The number of nitro benzene ring substituents is 1. The van der Waals surface area contributed by atoms with E-state index in [1.165, 1.54) is 0 Å². The lowest BCUT2D eigenvalue weighted by Gasteiger charge is -2.00. The van der Waals surface area contributed by atoms with Crippen LogP contribution >= 0.6 is 0 Å². The van der Waals surface area contributed by atoms with E-state index in [0.29, 0.717) is 5.69 Å². The van der Waals surface area contributed by atoms with Crippen LogP contribution in [0.3, 0.4) is 0 Å². The molecule has 2 N–H and O–H groups in total. The van der Waals surface area contributed by atoms with Gasteiger partial charge >= 0.3 is 5.69 Å². The van der Waals surface area contributed by atoms with Gasteiger partial charge in [0.05, 0.1) is 16.3 Å². The van der Waals surface area contributed by atoms with Crippen molar-refractivity contribution in [1.82, 2.24) is 0 Å². The molecule has 7 nitrogen and oxygen atoms in total. The van der Waals surface area contributed by atoms with Gasteiger partial charge in [-0.05, 0) is 12.1 Å². The van der Waals surface area contributed by atoms with Crippen molar-refractivity contribution in [1.29, 1.82) is 0 Å². The summed E-state index contributed by atoms with van der Waals surface area (Å²) in [5, 5.41) is 37.1. The molecular weight excluding hydrogens is 250 g/mol. The topological polar surface area (TPSA) is 108 Å². The first-order valence-corrected chi connectivity index (χ1v) is 5.25. The Kier molecular flexibility index (Phi) is 3.37. The molecule has 0 heterocycles. The first-order valence-electron chi connectivity index (χ1n) is 5.25. The molecule has 0 aliphatic rings. The van der Waals surface area contributed by atoms with Crippen LogP contribution in [0, 0.1) is 10.1 Å². The van der Waals surface area contributed by atoms with E-state index in [0.717, 1.165) is 12.1 Å². The molecule has 0 aliphatic carbocycles. The highest BCUT2D eigenvalue weighted by Crippen LogP contribution is 2.39. The number of hydrogen-bond acceptors (Lipinski definition) is 6. The summed E-state index contributed by atoms with van der Waals surface area (Å²) in [6.45, 7) is 0. The number of phenols is 2. The third kappa shape index (κ3) is 2.83. The van der Waals surface area contributed by atoms with Gasteiger partial charge in [0.2, 0.25) is 11.5 Å². The quantitative estimate of drug-likeness (QED) is 0.500. The molecule has 0 spiro atoms. The summed E-state index contributed by atoms with van der Waals surface area (Å²) in [7, 11) is 0. The van der Waals surface area contributed by atoms with E-state index in [2.05, 4.69) is 10.2 Å². The zero-order chi connectivity index (χ0) is 13.8. The van der Waals surface area contributed by atoms with Crippen LogP contribution in [0.4, 0.5) is 17.1 Å². The third-order valence-electron chi connectivity index (χ3n) is 2.27. The first kappa shape index (κ1) is 12.5. The molecule has 0 fully saturated rings. The lowest BCUT2D eigenvalue weighted by atomic mass is 10.2. The molecule has 0 saturated heterocycles. The molecule has 2 aromatic rings. The number of benzene rings is 2. The molecule has 0 atom stereocenters. The van der Waals surface area contributed by atoms with Crippen LogP contribution in [0.1, 0.15) is 0 Å². The monoisotopic (exact) mass is 259 g/mol. The average Bonchev–Trinajstić information content (AvgIpc) is 2.36. The summed E-state index contributed by atoms with van der Waals surface area (Å²) in [4.78, 5) is 9.69. The second kappa shape index (κ2) is 5.13. The normalized spacial score (nSPS) is 10.7. The fourth-order valence-electron chi connectivity index (χ4n) is 1.44. The Morgan fingerprint density at radius 2 is 1.47 bits per heavy atom. The molecule has 7 heteroatoms. The van der Waals surface area contributed by atoms with Gasteiger partial charge < -0.3 is 10.2 Å². The molecule has 19 heavy (non-hydrogen) atoms. The zero-order valence-electron chi connectivity index (χ0n) is 9.59. The Labute approximate surface area is 107 Å². The fraction of sp³-hybridized carbons (Fsp3) is 0. The minimum Gasteiger partial charge on any atom is -0.502 e. The van der Waals surface area contributed by atoms with Crippen LogP contribution in [0.25, 0.3) is 0 Å². The van der Waals surface area contributed by atoms with Crippen molar-refractivity contribution in [2.45, 2.75) is 0 Å². The molecular formula is C12H9N3O4. The van der Waals surface area contributed by atoms with Crippen molar-refractivity contribution in [2.75, 3.05) is 0 Å². The molecule has 96 valence electrons. The second-order valence-corrected chi connectivity index (χ2v) is 3.63. The molecule has 0 unspecified atom stereocenters. The smallest absolute Gasteiger partial charge is 0.352 e. The predicted octanol–water partition coefficient (Wildman–Crippen LogP) is 3.42. The van der Waals surface area contributed by atoms with E-state index >= 15 is 0 Å². The first-order chi connectivity index (χ1) is 9.08. The highest BCUT2D eigenvalue weighted by atomic mass is 16.6. The van der Waals surface area contributed by atoms with Crippen molar-refractivity contribution in [2.24, 2.45) is 10.2 Å². The van der Waals surface area contributed by atoms with Gasteiger partial charge in [0.1, 0.15) is 0 Å². The van der Waals surface area contributed by atoms with Gasteiger partial charge in [0.15, 0.2) is 0 Å². The summed E-state index contributed by atoms with van der Waals surface area (Å²) in [5.41, 5.74) is -0.0528. The molecule has 0 aliphatic heterocycles. The summed E-state index contributed by atoms with van der Waals surface area (Å²) in [6.07, 6.45) is 0. The summed E-state index contributed by atoms with van der Waals surface area (Å²) in [6, 6.07) is 10.9. The molecule has 0 radical (unpaired) electrons. The van der Waals surface area contributed by atoms with E-state index in [4.69, 9.17) is 0 Å². The van der Waals surface area contributed by atoms with Crippen molar-refractivity contribution in [3.05, 3.63) is 52.6 Å². The number of phenolic OH excluding ortho intramolecular Hbond substituents is 2. The number of rotatable bonds is 3. The molecule has 0 aromatic heterocycles. The van der Waals surface area contributed by atoms with Crippen LogP contribution in [0.5, 0.6) is 11.5 Å². The SMILES string of the molecule is O=[N+]([O-])c1c(O)cc(/N=N/c2ccccc2)cc1O. The lowest BCUT2D eigenvalue weighted by Crippen LogP contribution is -1.88. The molecule has 2 aromatic carbocycles. The van der Waals surface area contributed by atoms with E-state index in [-0.39, 0.29) is 5.69 Å². The Morgan fingerprint density at radius 3 is 2.00 bits per heavy atom.